The number of aromatic nitrogens is 6. The number of allylic oxidation sites excluding steroid dienone is 3. The summed E-state index contributed by atoms with van der Waals surface area (Å²) < 4.78 is 5.60. The van der Waals surface area contributed by atoms with Gasteiger partial charge in [-0.3, -0.25) is 14.4 Å². The Hall–Kier alpha value is -9.24. The van der Waals surface area contributed by atoms with Crippen LogP contribution < -0.4 is 16.0 Å². The van der Waals surface area contributed by atoms with E-state index in [4.69, 9.17) is 84.9 Å². The molecule has 0 aliphatic heterocycles. The number of para-hydroxylation sites is 3. The molecule has 0 bridgehead atoms. The lowest BCUT2D eigenvalue weighted by Gasteiger charge is -2.28. The van der Waals surface area contributed by atoms with E-state index >= 15 is 0 Å². The molecule has 8 aromatic carbocycles. The number of fused-ring (bicyclic) bond motifs is 3. The predicted molar refractivity (Wildman–Crippen MR) is 445 cm³/mol. The molecule has 1 saturated carbocycles. The van der Waals surface area contributed by atoms with Gasteiger partial charge in [0.2, 0.25) is 0 Å². The quantitative estimate of drug-likeness (QED) is 0.0873. The minimum absolute atomic E-state index is 0.0807. The zero-order chi connectivity index (χ0) is 75.2. The van der Waals surface area contributed by atoms with Gasteiger partial charge in [-0.05, 0) is 252 Å². The average molecular weight is 1560 g/mol. The van der Waals surface area contributed by atoms with Crippen molar-refractivity contribution in [3.05, 3.63) is 315 Å². The maximum atomic E-state index is 13.7. The van der Waals surface area contributed by atoms with Gasteiger partial charge in [-0.25, -0.2) is 14.0 Å². The standard InChI is InChI=1S/C30H33Cl2N3O.2C30H27Cl2N3O/c3*1-20(22-9-3-2-4-10-22)33-30(36)28-25-12-6-5-11-23(19-21-15-17-24(31)18-16-21)29(25)35(34-28)27-14-8-7-13-26(27)32/h7-8,13-20,22H,2-6,9-12H2,1H3,(H,33,36);2*2-4,7-10,13-20H,5-6,11-12H2,1H3,(H,33,36)/b3*23-19+/t3*20-/m010/s1. The van der Waals surface area contributed by atoms with E-state index < -0.39 is 0 Å². The fraction of sp³-hybridized carbons (Fsp3) is 0.267. The number of benzene rings is 8. The fourth-order valence-corrected chi connectivity index (χ4v) is 16.1. The molecule has 0 unspecified atom stereocenters. The van der Waals surface area contributed by atoms with Gasteiger partial charge >= 0.3 is 0 Å². The van der Waals surface area contributed by atoms with Crippen molar-refractivity contribution >= 4 is 122 Å². The van der Waals surface area contributed by atoms with E-state index in [1.165, 1.54) is 32.1 Å². The Kier molecular flexibility index (Phi) is 25.9. The summed E-state index contributed by atoms with van der Waals surface area (Å²) in [6.45, 7) is 6.12. The Morgan fingerprint density at radius 2 is 0.639 bits per heavy atom. The molecule has 0 saturated heterocycles. The van der Waals surface area contributed by atoms with Crippen LogP contribution in [0.4, 0.5) is 0 Å². The van der Waals surface area contributed by atoms with Crippen molar-refractivity contribution in [1.82, 2.24) is 45.3 Å². The van der Waals surface area contributed by atoms with Gasteiger partial charge in [-0.1, -0.05) is 222 Å². The van der Waals surface area contributed by atoms with Crippen LogP contribution in [0.25, 0.3) is 52.0 Å². The van der Waals surface area contributed by atoms with E-state index in [0.717, 1.165) is 172 Å². The largest absolute Gasteiger partial charge is 0.348 e. The maximum absolute atomic E-state index is 13.7. The van der Waals surface area contributed by atoms with Crippen LogP contribution in [0.5, 0.6) is 0 Å². The Bertz CT molecular complexity index is 4860. The van der Waals surface area contributed by atoms with Crippen LogP contribution in [0.1, 0.15) is 216 Å². The fourth-order valence-electron chi connectivity index (χ4n) is 15.1. The van der Waals surface area contributed by atoms with Crippen LogP contribution in [0.15, 0.2) is 206 Å². The number of halogens is 6. The molecule has 3 aromatic heterocycles. The van der Waals surface area contributed by atoms with Crippen LogP contribution >= 0.6 is 69.6 Å². The van der Waals surface area contributed by atoms with Gasteiger partial charge in [0, 0.05) is 37.8 Å². The van der Waals surface area contributed by atoms with E-state index in [-0.39, 0.29) is 35.8 Å². The van der Waals surface area contributed by atoms with Gasteiger partial charge in [0.25, 0.3) is 17.7 Å². The summed E-state index contributed by atoms with van der Waals surface area (Å²) in [5.74, 6) is 0.0949. The molecule has 3 N–H and O–H groups in total. The lowest BCUT2D eigenvalue weighted by molar-refractivity contribution is 0.0908. The first-order valence-electron chi connectivity index (χ1n) is 37.6. The number of carbonyl (C=O) groups excluding carboxylic acids is 3. The van der Waals surface area contributed by atoms with E-state index in [1.54, 1.807) is 0 Å². The van der Waals surface area contributed by atoms with Crippen LogP contribution in [-0.4, -0.2) is 53.1 Å². The molecule has 3 atom stereocenters. The molecule has 0 radical (unpaired) electrons. The Morgan fingerprint density at radius 3 is 0.954 bits per heavy atom. The second kappa shape index (κ2) is 36.3. The topological polar surface area (TPSA) is 141 Å². The number of nitrogens with one attached hydrogen (secondary N) is 3. The van der Waals surface area contributed by atoms with Crippen molar-refractivity contribution in [2.24, 2.45) is 5.92 Å². The average Bonchev–Trinajstić information content (AvgIpc) is 1.63. The van der Waals surface area contributed by atoms with Gasteiger partial charge < -0.3 is 16.0 Å². The summed E-state index contributed by atoms with van der Waals surface area (Å²) >= 11 is 38.3. The predicted octanol–water partition coefficient (Wildman–Crippen LogP) is 24.0. The summed E-state index contributed by atoms with van der Waals surface area (Å²) in [6, 6.07) is 66.1. The Morgan fingerprint density at radius 1 is 0.352 bits per heavy atom. The molecule has 4 aliphatic rings. The molecule has 3 amide bonds. The first kappa shape index (κ1) is 76.9. The zero-order valence-electron chi connectivity index (χ0n) is 60.9. The van der Waals surface area contributed by atoms with Crippen LogP contribution in [0.2, 0.25) is 30.1 Å². The number of amides is 3. The number of carbonyl (C=O) groups is 3. The second-order valence-corrected chi connectivity index (χ2v) is 30.8. The van der Waals surface area contributed by atoms with Gasteiger partial charge in [0.1, 0.15) is 0 Å². The highest BCUT2D eigenvalue weighted by Gasteiger charge is 2.33. The summed E-state index contributed by atoms with van der Waals surface area (Å²) in [5.41, 5.74) is 18.3. The summed E-state index contributed by atoms with van der Waals surface area (Å²) in [4.78, 5) is 40.8. The molecule has 3 heterocycles. The smallest absolute Gasteiger partial charge is 0.272 e. The molecular formula is C90H87Cl6N9O3. The molecule has 0 spiro atoms. The number of rotatable bonds is 15. The van der Waals surface area contributed by atoms with Crippen LogP contribution in [0.3, 0.4) is 0 Å². The summed E-state index contributed by atoms with van der Waals surface area (Å²) in [5, 5.41) is 28.2. The van der Waals surface area contributed by atoms with Crippen molar-refractivity contribution < 1.29 is 14.4 Å². The second-order valence-electron chi connectivity index (χ2n) is 28.3. The third-order valence-electron chi connectivity index (χ3n) is 20.8. The molecule has 552 valence electrons. The molecule has 4 aliphatic carbocycles. The number of hydrogen-bond donors (Lipinski definition) is 3. The Balaban J connectivity index is 0.000000143. The summed E-state index contributed by atoms with van der Waals surface area (Å²) in [7, 11) is 0. The lowest BCUT2D eigenvalue weighted by atomic mass is 9.84. The van der Waals surface area contributed by atoms with Gasteiger partial charge in [0.05, 0.1) is 61.3 Å². The van der Waals surface area contributed by atoms with Gasteiger partial charge in [-0.2, -0.15) is 15.3 Å². The molecule has 18 heteroatoms. The first-order chi connectivity index (χ1) is 52.5. The molecule has 12 nitrogen and oxygen atoms in total. The molecule has 108 heavy (non-hydrogen) atoms. The highest BCUT2D eigenvalue weighted by molar-refractivity contribution is 6.33. The van der Waals surface area contributed by atoms with E-state index in [9.17, 15) is 14.4 Å². The third-order valence-corrected chi connectivity index (χ3v) is 22.5. The highest BCUT2D eigenvalue weighted by Crippen LogP contribution is 2.41. The van der Waals surface area contributed by atoms with Gasteiger partial charge in [-0.15, -0.1) is 0 Å². The maximum Gasteiger partial charge on any atom is 0.272 e. The van der Waals surface area contributed by atoms with Crippen LogP contribution in [0, 0.1) is 5.92 Å². The van der Waals surface area contributed by atoms with Crippen LogP contribution in [-0.2, 0) is 19.3 Å². The first-order valence-corrected chi connectivity index (χ1v) is 39.8. The van der Waals surface area contributed by atoms with Crippen molar-refractivity contribution in [2.45, 2.75) is 148 Å². The van der Waals surface area contributed by atoms with E-state index in [2.05, 4.69) is 41.1 Å². The SMILES string of the molecule is C[C@@H](NC(=O)c1nn(-c2ccccc2Cl)c2c1CCCC/C2=C\c1ccc(Cl)cc1)c1ccccc1.C[C@H](NC(=O)c1nn(-c2ccccc2Cl)c2c1CCCC/C2=C\c1ccc(Cl)cc1)C1CCCCC1.C[C@H](NC(=O)c1nn(-c2ccccc2Cl)c2c1CCCC/C2=C\c1ccc(Cl)cc1)c1ccccc1. The number of hydrogen-bond acceptors (Lipinski definition) is 6. The molecule has 15 rings (SSSR count). The zero-order valence-corrected chi connectivity index (χ0v) is 65.4. The van der Waals surface area contributed by atoms with Crippen molar-refractivity contribution in [3.8, 4) is 17.1 Å². The van der Waals surface area contributed by atoms with Crippen molar-refractivity contribution in [1.29, 1.82) is 0 Å². The normalized spacial score (nSPS) is 16.3. The summed E-state index contributed by atoms with van der Waals surface area (Å²) in [6.07, 6.45) is 23.8. The monoisotopic (exact) mass is 1550 g/mol. The molecular weight excluding hydrogens is 1470 g/mol. The molecule has 1 fully saturated rings. The van der Waals surface area contributed by atoms with Crippen molar-refractivity contribution in [2.75, 3.05) is 0 Å². The third kappa shape index (κ3) is 18.5. The highest BCUT2D eigenvalue weighted by atomic mass is 35.5. The van der Waals surface area contributed by atoms with E-state index in [1.807, 2.05) is 234 Å². The van der Waals surface area contributed by atoms with E-state index in [0.29, 0.717) is 53.1 Å². The van der Waals surface area contributed by atoms with Gasteiger partial charge in [0.15, 0.2) is 17.1 Å². The van der Waals surface area contributed by atoms with Crippen molar-refractivity contribution in [3.63, 3.8) is 0 Å². The molecule has 11 aromatic rings. The number of nitrogens with zero attached hydrogens (tertiary/aromatic N) is 6. The Labute approximate surface area is 663 Å². The minimum atomic E-state index is -0.179. The lowest BCUT2D eigenvalue weighted by Crippen LogP contribution is -2.39. The minimum Gasteiger partial charge on any atom is -0.348 e.